The van der Waals surface area contributed by atoms with Gasteiger partial charge in [-0.1, -0.05) is 22.0 Å². The number of hydrogen-bond acceptors (Lipinski definition) is 4. The molecule has 0 radical (unpaired) electrons. The highest BCUT2D eigenvalue weighted by Gasteiger charge is 2.15. The number of benzene rings is 2. The van der Waals surface area contributed by atoms with Crippen molar-refractivity contribution in [2.45, 2.75) is 20.0 Å². The van der Waals surface area contributed by atoms with E-state index in [4.69, 9.17) is 9.47 Å². The minimum Gasteiger partial charge on any atom is -0.490 e. The molecule has 0 heterocycles. The van der Waals surface area contributed by atoms with E-state index in [1.165, 1.54) is 0 Å². The molecule has 2 N–H and O–H groups in total. The fraction of sp³-hybridized carbons (Fsp3) is 0.300. The second-order valence-corrected chi connectivity index (χ2v) is 7.01. The predicted molar refractivity (Wildman–Crippen MR) is 109 cm³/mol. The third kappa shape index (κ3) is 6.37. The number of ether oxygens (including phenoxy) is 2. The highest BCUT2D eigenvalue weighted by molar-refractivity contribution is 9.10. The first-order valence-electron chi connectivity index (χ1n) is 8.55. The summed E-state index contributed by atoms with van der Waals surface area (Å²) in [5.41, 5.74) is 1.39. The van der Waals surface area contributed by atoms with Crippen molar-refractivity contribution in [2.75, 3.05) is 25.6 Å². The van der Waals surface area contributed by atoms with E-state index in [1.54, 1.807) is 43.5 Å². The van der Waals surface area contributed by atoms with Crippen LogP contribution in [0.15, 0.2) is 46.9 Å². The van der Waals surface area contributed by atoms with Crippen LogP contribution in [0, 0.1) is 0 Å². The third-order valence-corrected chi connectivity index (χ3v) is 4.02. The zero-order chi connectivity index (χ0) is 19.8. The van der Waals surface area contributed by atoms with Crippen molar-refractivity contribution < 1.29 is 19.1 Å². The number of anilines is 1. The molecule has 2 amide bonds. The van der Waals surface area contributed by atoms with Crippen molar-refractivity contribution in [3.8, 4) is 5.75 Å². The van der Waals surface area contributed by atoms with Gasteiger partial charge in [0.2, 0.25) is 0 Å². The first-order chi connectivity index (χ1) is 12.9. The normalized spacial score (nSPS) is 10.6. The molecule has 0 saturated carbocycles. The van der Waals surface area contributed by atoms with E-state index in [2.05, 4.69) is 26.6 Å². The lowest BCUT2D eigenvalue weighted by Crippen LogP contribution is -2.27. The zero-order valence-corrected chi connectivity index (χ0v) is 17.1. The molecule has 2 aromatic rings. The molecule has 0 atom stereocenters. The molecule has 2 aromatic carbocycles. The maximum Gasteiger partial charge on any atom is 0.259 e. The number of methoxy groups -OCH3 is 1. The van der Waals surface area contributed by atoms with Gasteiger partial charge in [-0.15, -0.1) is 0 Å². The average Bonchev–Trinajstić information content (AvgIpc) is 2.63. The van der Waals surface area contributed by atoms with Gasteiger partial charge in [-0.25, -0.2) is 0 Å². The summed E-state index contributed by atoms with van der Waals surface area (Å²) in [5, 5.41) is 5.56. The number of hydrogen-bond donors (Lipinski definition) is 2. The smallest absolute Gasteiger partial charge is 0.259 e. The number of nitrogens with one attached hydrogen (secondary N) is 2. The van der Waals surface area contributed by atoms with Gasteiger partial charge in [-0.2, -0.15) is 0 Å². The Morgan fingerprint density at radius 3 is 2.59 bits per heavy atom. The topological polar surface area (TPSA) is 76.7 Å². The van der Waals surface area contributed by atoms with Gasteiger partial charge in [0.15, 0.2) is 0 Å². The van der Waals surface area contributed by atoms with Crippen LogP contribution < -0.4 is 15.4 Å². The summed E-state index contributed by atoms with van der Waals surface area (Å²) in [6, 6.07) is 12.0. The summed E-state index contributed by atoms with van der Waals surface area (Å²) in [4.78, 5) is 24.9. The van der Waals surface area contributed by atoms with Crippen molar-refractivity contribution >= 4 is 33.4 Å². The molecule has 6 nitrogen and oxygen atoms in total. The standard InChI is InChI=1S/C20H23BrN2O4/c1-13(2)27-18-8-7-15(21)12-17(18)20(25)23-16-6-4-5-14(11-16)19(24)22-9-10-26-3/h4-8,11-13H,9-10H2,1-3H3,(H,22,24)(H,23,25). The molecule has 7 heteroatoms. The van der Waals surface area contributed by atoms with Crippen LogP contribution in [0.2, 0.25) is 0 Å². The maximum atomic E-state index is 12.7. The molecule has 0 aliphatic carbocycles. The molecule has 0 saturated heterocycles. The van der Waals surface area contributed by atoms with Crippen molar-refractivity contribution in [3.63, 3.8) is 0 Å². The summed E-state index contributed by atoms with van der Waals surface area (Å²) in [7, 11) is 1.57. The highest BCUT2D eigenvalue weighted by Crippen LogP contribution is 2.25. The van der Waals surface area contributed by atoms with E-state index in [-0.39, 0.29) is 17.9 Å². The molecule has 0 unspecified atom stereocenters. The summed E-state index contributed by atoms with van der Waals surface area (Å²) >= 11 is 3.38. The van der Waals surface area contributed by atoms with Crippen molar-refractivity contribution in [1.29, 1.82) is 0 Å². The molecule has 144 valence electrons. The van der Waals surface area contributed by atoms with Crippen LogP contribution >= 0.6 is 15.9 Å². The van der Waals surface area contributed by atoms with E-state index in [0.29, 0.717) is 35.7 Å². The lowest BCUT2D eigenvalue weighted by Gasteiger charge is -2.15. The van der Waals surface area contributed by atoms with Gasteiger partial charge in [0, 0.05) is 29.4 Å². The Labute approximate surface area is 167 Å². The van der Waals surface area contributed by atoms with Crippen LogP contribution in [0.4, 0.5) is 5.69 Å². The third-order valence-electron chi connectivity index (χ3n) is 3.52. The van der Waals surface area contributed by atoms with Crippen LogP contribution in [0.3, 0.4) is 0 Å². The molecule has 0 aliphatic rings. The average molecular weight is 435 g/mol. The van der Waals surface area contributed by atoms with Crippen LogP contribution in [-0.2, 0) is 4.74 Å². The molecule has 2 rings (SSSR count). The summed E-state index contributed by atoms with van der Waals surface area (Å²) in [5.74, 6) is -0.0440. The molecular formula is C20H23BrN2O4. The van der Waals surface area contributed by atoms with E-state index in [1.807, 2.05) is 19.9 Å². The Morgan fingerprint density at radius 2 is 1.89 bits per heavy atom. The van der Waals surface area contributed by atoms with E-state index < -0.39 is 0 Å². The van der Waals surface area contributed by atoms with E-state index in [9.17, 15) is 9.59 Å². The van der Waals surface area contributed by atoms with Crippen LogP contribution in [0.5, 0.6) is 5.75 Å². The summed E-state index contributed by atoms with van der Waals surface area (Å²) in [6.45, 7) is 4.65. The van der Waals surface area contributed by atoms with Gasteiger partial charge in [0.1, 0.15) is 5.75 Å². The molecule has 0 spiro atoms. The number of amides is 2. The highest BCUT2D eigenvalue weighted by atomic mass is 79.9. The van der Waals surface area contributed by atoms with Crippen molar-refractivity contribution in [1.82, 2.24) is 5.32 Å². The van der Waals surface area contributed by atoms with Crippen LogP contribution in [0.25, 0.3) is 0 Å². The lowest BCUT2D eigenvalue weighted by molar-refractivity contribution is 0.0936. The Kier molecular flexibility index (Phi) is 7.82. The lowest BCUT2D eigenvalue weighted by atomic mass is 10.1. The quantitative estimate of drug-likeness (QED) is 0.618. The maximum absolute atomic E-state index is 12.7. The van der Waals surface area contributed by atoms with Gasteiger partial charge < -0.3 is 20.1 Å². The van der Waals surface area contributed by atoms with Gasteiger partial charge in [-0.3, -0.25) is 9.59 Å². The minimum atomic E-state index is -0.316. The van der Waals surface area contributed by atoms with Crippen molar-refractivity contribution in [3.05, 3.63) is 58.1 Å². The fourth-order valence-electron chi connectivity index (χ4n) is 2.34. The second kappa shape index (κ2) is 10.1. The molecular weight excluding hydrogens is 412 g/mol. The monoisotopic (exact) mass is 434 g/mol. The Morgan fingerprint density at radius 1 is 1.11 bits per heavy atom. The van der Waals surface area contributed by atoms with Crippen molar-refractivity contribution in [2.24, 2.45) is 0 Å². The van der Waals surface area contributed by atoms with Gasteiger partial charge >= 0.3 is 0 Å². The molecule has 0 fully saturated rings. The summed E-state index contributed by atoms with van der Waals surface area (Å²) < 4.78 is 11.4. The van der Waals surface area contributed by atoms with Crippen LogP contribution in [0.1, 0.15) is 34.6 Å². The number of carbonyl (C=O) groups is 2. The molecule has 0 aromatic heterocycles. The summed E-state index contributed by atoms with van der Waals surface area (Å²) in [6.07, 6.45) is -0.0585. The van der Waals surface area contributed by atoms with Gasteiger partial charge in [-0.05, 0) is 50.2 Å². The Hall–Kier alpha value is -2.38. The molecule has 0 bridgehead atoms. The minimum absolute atomic E-state index is 0.0585. The Bertz CT molecular complexity index is 808. The van der Waals surface area contributed by atoms with Gasteiger partial charge in [0.25, 0.3) is 11.8 Å². The number of carbonyl (C=O) groups excluding carboxylic acids is 2. The van der Waals surface area contributed by atoms with E-state index >= 15 is 0 Å². The fourth-order valence-corrected chi connectivity index (χ4v) is 2.70. The second-order valence-electron chi connectivity index (χ2n) is 6.09. The first-order valence-corrected chi connectivity index (χ1v) is 9.34. The molecule has 27 heavy (non-hydrogen) atoms. The molecule has 0 aliphatic heterocycles. The van der Waals surface area contributed by atoms with E-state index in [0.717, 1.165) is 4.47 Å². The predicted octanol–water partition coefficient (Wildman–Crippen LogP) is 3.86. The largest absolute Gasteiger partial charge is 0.490 e. The van der Waals surface area contributed by atoms with Crippen LogP contribution in [-0.4, -0.2) is 38.2 Å². The Balaban J connectivity index is 2.15. The van der Waals surface area contributed by atoms with Gasteiger partial charge in [0.05, 0.1) is 18.3 Å². The first kappa shape index (κ1) is 20.9. The SMILES string of the molecule is COCCNC(=O)c1cccc(NC(=O)c2cc(Br)ccc2OC(C)C)c1. The number of rotatable bonds is 8. The zero-order valence-electron chi connectivity index (χ0n) is 15.5. The number of halogens is 1.